The second-order valence-electron chi connectivity index (χ2n) is 5.12. The molecule has 0 aliphatic rings. The molecule has 1 aromatic heterocycles. The van der Waals surface area contributed by atoms with Crippen LogP contribution in [0.5, 0.6) is 0 Å². The fraction of sp³-hybridized carbons (Fsp3) is 0. The van der Waals surface area contributed by atoms with Crippen molar-refractivity contribution in [3.8, 4) is 0 Å². The van der Waals surface area contributed by atoms with Crippen molar-refractivity contribution in [2.75, 3.05) is 10.6 Å². The fourth-order valence-corrected chi connectivity index (χ4v) is 2.10. The van der Waals surface area contributed by atoms with E-state index in [0.717, 1.165) is 12.1 Å². The first-order valence-corrected chi connectivity index (χ1v) is 7.27. The van der Waals surface area contributed by atoms with Crippen LogP contribution in [-0.4, -0.2) is 10.9 Å². The van der Waals surface area contributed by atoms with Gasteiger partial charge in [0.1, 0.15) is 23.1 Å². The van der Waals surface area contributed by atoms with Crippen molar-refractivity contribution in [2.45, 2.75) is 0 Å². The molecular weight excluding hydrogens is 331 g/mol. The molecule has 0 radical (unpaired) electrons. The molecule has 3 rings (SSSR count). The van der Waals surface area contributed by atoms with Gasteiger partial charge in [0.05, 0.1) is 23.3 Å². The molecule has 4 nitrogen and oxygen atoms in total. The fourth-order valence-electron chi connectivity index (χ4n) is 2.10. The lowest BCUT2D eigenvalue weighted by Gasteiger charge is -2.09. The quantitative estimate of drug-likeness (QED) is 0.734. The van der Waals surface area contributed by atoms with Crippen LogP contribution >= 0.6 is 0 Å². The number of nitrogens with zero attached hydrogens (tertiary/aromatic N) is 1. The predicted molar refractivity (Wildman–Crippen MR) is 88.2 cm³/mol. The maximum atomic E-state index is 13.6. The monoisotopic (exact) mass is 343 g/mol. The number of carbonyl (C=O) groups is 1. The van der Waals surface area contributed by atoms with Crippen LogP contribution in [0.25, 0.3) is 0 Å². The number of rotatable bonds is 4. The van der Waals surface area contributed by atoms with Crippen molar-refractivity contribution in [1.29, 1.82) is 0 Å². The lowest BCUT2D eigenvalue weighted by Crippen LogP contribution is -2.14. The van der Waals surface area contributed by atoms with Crippen molar-refractivity contribution in [2.24, 2.45) is 0 Å². The van der Waals surface area contributed by atoms with Crippen LogP contribution in [0.1, 0.15) is 10.5 Å². The Labute approximate surface area is 141 Å². The maximum Gasteiger partial charge on any atom is 0.274 e. The van der Waals surface area contributed by atoms with Gasteiger partial charge in [0.15, 0.2) is 0 Å². The van der Waals surface area contributed by atoms with Gasteiger partial charge in [-0.15, -0.1) is 0 Å². The molecule has 126 valence electrons. The van der Waals surface area contributed by atoms with E-state index < -0.39 is 23.4 Å². The van der Waals surface area contributed by atoms with E-state index in [2.05, 4.69) is 15.6 Å². The average molecular weight is 343 g/mol. The number of amides is 1. The third-order valence-corrected chi connectivity index (χ3v) is 3.33. The van der Waals surface area contributed by atoms with Crippen LogP contribution < -0.4 is 10.6 Å². The molecule has 0 saturated carbocycles. The van der Waals surface area contributed by atoms with Crippen LogP contribution in [0, 0.1) is 17.5 Å². The Kier molecular flexibility index (Phi) is 4.65. The summed E-state index contributed by atoms with van der Waals surface area (Å²) >= 11 is 0. The largest absolute Gasteiger partial charge is 0.352 e. The Morgan fingerprint density at radius 2 is 1.68 bits per heavy atom. The van der Waals surface area contributed by atoms with Crippen molar-refractivity contribution in [3.63, 3.8) is 0 Å². The second kappa shape index (κ2) is 7.04. The molecule has 0 aliphatic carbocycles. The number of para-hydroxylation sites is 1. The average Bonchev–Trinajstić information content (AvgIpc) is 2.60. The van der Waals surface area contributed by atoms with E-state index in [1.807, 2.05) is 0 Å². The Hall–Kier alpha value is -3.35. The third kappa shape index (κ3) is 3.95. The summed E-state index contributed by atoms with van der Waals surface area (Å²) in [6.45, 7) is 0. The topological polar surface area (TPSA) is 54.0 Å². The Morgan fingerprint density at radius 1 is 0.880 bits per heavy atom. The third-order valence-electron chi connectivity index (χ3n) is 3.33. The van der Waals surface area contributed by atoms with Crippen molar-refractivity contribution in [1.82, 2.24) is 4.98 Å². The molecule has 0 spiro atoms. The van der Waals surface area contributed by atoms with Gasteiger partial charge in [0.25, 0.3) is 5.91 Å². The molecule has 0 bridgehead atoms. The minimum atomic E-state index is -0.749. The van der Waals surface area contributed by atoms with Gasteiger partial charge in [-0.05, 0) is 36.4 Å². The van der Waals surface area contributed by atoms with Gasteiger partial charge >= 0.3 is 0 Å². The highest BCUT2D eigenvalue weighted by Crippen LogP contribution is 2.20. The molecule has 3 aromatic rings. The standard InChI is InChI=1S/C18H12F3N3O/c19-11-5-7-16(14(21)9-11)23-12-6-8-17(22-10-12)18(25)24-15-4-2-1-3-13(15)20/h1-10,23H,(H,24,25). The Bertz CT molecular complexity index is 914. The summed E-state index contributed by atoms with van der Waals surface area (Å²) in [5.74, 6) is -2.56. The van der Waals surface area contributed by atoms with E-state index in [1.165, 1.54) is 42.6 Å². The van der Waals surface area contributed by atoms with Gasteiger partial charge < -0.3 is 10.6 Å². The summed E-state index contributed by atoms with van der Waals surface area (Å²) in [7, 11) is 0. The molecule has 0 aliphatic heterocycles. The lowest BCUT2D eigenvalue weighted by molar-refractivity contribution is 0.102. The Balaban J connectivity index is 1.71. The molecule has 0 unspecified atom stereocenters. The minimum Gasteiger partial charge on any atom is -0.352 e. The highest BCUT2D eigenvalue weighted by molar-refractivity contribution is 6.03. The summed E-state index contributed by atoms with van der Waals surface area (Å²) in [4.78, 5) is 16.0. The summed E-state index contributed by atoms with van der Waals surface area (Å²) in [6.07, 6.45) is 1.32. The summed E-state index contributed by atoms with van der Waals surface area (Å²) in [5, 5.41) is 5.14. The van der Waals surface area contributed by atoms with Gasteiger partial charge in [-0.1, -0.05) is 12.1 Å². The molecule has 1 heterocycles. The van der Waals surface area contributed by atoms with E-state index in [0.29, 0.717) is 5.69 Å². The zero-order chi connectivity index (χ0) is 17.8. The second-order valence-corrected chi connectivity index (χ2v) is 5.12. The van der Waals surface area contributed by atoms with E-state index >= 15 is 0 Å². The number of hydrogen-bond acceptors (Lipinski definition) is 3. The predicted octanol–water partition coefficient (Wildman–Crippen LogP) is 4.49. The van der Waals surface area contributed by atoms with Crippen LogP contribution in [-0.2, 0) is 0 Å². The van der Waals surface area contributed by atoms with E-state index in [9.17, 15) is 18.0 Å². The van der Waals surface area contributed by atoms with Crippen molar-refractivity contribution in [3.05, 3.63) is 83.9 Å². The molecule has 0 atom stereocenters. The summed E-state index contributed by atoms with van der Waals surface area (Å²) in [6, 6.07) is 11.8. The first-order valence-electron chi connectivity index (χ1n) is 7.27. The number of nitrogens with one attached hydrogen (secondary N) is 2. The lowest BCUT2D eigenvalue weighted by atomic mass is 10.2. The van der Waals surface area contributed by atoms with Crippen molar-refractivity contribution >= 4 is 23.0 Å². The van der Waals surface area contributed by atoms with E-state index in [1.54, 1.807) is 6.07 Å². The highest BCUT2D eigenvalue weighted by atomic mass is 19.1. The first kappa shape index (κ1) is 16.5. The first-order chi connectivity index (χ1) is 12.0. The summed E-state index contributed by atoms with van der Waals surface area (Å²) < 4.78 is 40.0. The normalized spacial score (nSPS) is 10.4. The molecule has 7 heteroatoms. The molecule has 2 aromatic carbocycles. The SMILES string of the molecule is O=C(Nc1ccccc1F)c1ccc(Nc2ccc(F)cc2F)cn1. The van der Waals surface area contributed by atoms with Crippen LogP contribution in [0.3, 0.4) is 0 Å². The number of anilines is 3. The molecule has 1 amide bonds. The smallest absolute Gasteiger partial charge is 0.274 e. The number of hydrogen-bond donors (Lipinski definition) is 2. The number of halogens is 3. The zero-order valence-corrected chi connectivity index (χ0v) is 12.8. The maximum absolute atomic E-state index is 13.6. The number of carbonyl (C=O) groups excluding carboxylic acids is 1. The van der Waals surface area contributed by atoms with E-state index in [-0.39, 0.29) is 17.1 Å². The molecule has 0 saturated heterocycles. The van der Waals surface area contributed by atoms with Gasteiger partial charge in [-0.2, -0.15) is 0 Å². The highest BCUT2D eigenvalue weighted by Gasteiger charge is 2.11. The van der Waals surface area contributed by atoms with Gasteiger partial charge in [0, 0.05) is 6.07 Å². The zero-order valence-electron chi connectivity index (χ0n) is 12.8. The van der Waals surface area contributed by atoms with Crippen LogP contribution in [0.4, 0.5) is 30.2 Å². The molecule has 2 N–H and O–H groups in total. The number of pyridine rings is 1. The van der Waals surface area contributed by atoms with Gasteiger partial charge in [-0.25, -0.2) is 18.2 Å². The van der Waals surface area contributed by atoms with E-state index in [4.69, 9.17) is 0 Å². The minimum absolute atomic E-state index is 0.0462. The molecule has 0 fully saturated rings. The van der Waals surface area contributed by atoms with Gasteiger partial charge in [-0.3, -0.25) is 4.79 Å². The van der Waals surface area contributed by atoms with Crippen molar-refractivity contribution < 1.29 is 18.0 Å². The molecule has 25 heavy (non-hydrogen) atoms. The summed E-state index contributed by atoms with van der Waals surface area (Å²) in [5.41, 5.74) is 0.595. The Morgan fingerprint density at radius 3 is 2.36 bits per heavy atom. The number of benzene rings is 2. The van der Waals surface area contributed by atoms with Crippen LogP contribution in [0.2, 0.25) is 0 Å². The van der Waals surface area contributed by atoms with Crippen LogP contribution in [0.15, 0.2) is 60.8 Å². The molecular formula is C18H12F3N3O. The van der Waals surface area contributed by atoms with Gasteiger partial charge in [0.2, 0.25) is 0 Å². The number of aromatic nitrogens is 1.